The highest BCUT2D eigenvalue weighted by atomic mass is 16.5. The number of ether oxygens (including phenoxy) is 3. The summed E-state index contributed by atoms with van der Waals surface area (Å²) in [5.74, 6) is -0.304. The highest BCUT2D eigenvalue weighted by Gasteiger charge is 2.44. The monoisotopic (exact) mass is 421 g/mol. The first kappa shape index (κ1) is 23.0. The molecule has 10 heteroatoms. The summed E-state index contributed by atoms with van der Waals surface area (Å²) in [6, 6.07) is 4.92. The molecule has 0 unspecified atom stereocenters. The van der Waals surface area contributed by atoms with Gasteiger partial charge in [0.25, 0.3) is 11.8 Å². The molecule has 4 amide bonds. The number of benzene rings is 1. The zero-order valence-corrected chi connectivity index (χ0v) is 17.6. The van der Waals surface area contributed by atoms with E-state index in [1.165, 1.54) is 0 Å². The van der Waals surface area contributed by atoms with Gasteiger partial charge < -0.3 is 24.8 Å². The number of carbonyl (C=O) groups excluding carboxylic acids is 4. The number of amides is 4. The fourth-order valence-corrected chi connectivity index (χ4v) is 2.88. The molecule has 0 aromatic heterocycles. The van der Waals surface area contributed by atoms with Gasteiger partial charge >= 0.3 is 12.0 Å². The first-order valence-corrected chi connectivity index (χ1v) is 9.45. The van der Waals surface area contributed by atoms with Crippen molar-refractivity contribution in [3.8, 4) is 11.5 Å². The maximum Gasteiger partial charge on any atom is 0.325 e. The van der Waals surface area contributed by atoms with Crippen LogP contribution in [0.25, 0.3) is 0 Å². The minimum atomic E-state index is -0.991. The van der Waals surface area contributed by atoms with Crippen LogP contribution in [-0.4, -0.2) is 68.2 Å². The average Bonchev–Trinajstić information content (AvgIpc) is 2.91. The molecule has 0 aliphatic carbocycles. The number of urea groups is 1. The first-order chi connectivity index (χ1) is 14.2. The van der Waals surface area contributed by atoms with Crippen molar-refractivity contribution < 1.29 is 33.4 Å². The number of hydrogen-bond donors (Lipinski definition) is 2. The topological polar surface area (TPSA) is 123 Å². The third-order valence-electron chi connectivity index (χ3n) is 4.53. The third kappa shape index (κ3) is 5.85. The maximum absolute atomic E-state index is 12.0. The summed E-state index contributed by atoms with van der Waals surface area (Å²) in [6.07, 6.45) is 0.371. The molecule has 30 heavy (non-hydrogen) atoms. The number of nitrogens with one attached hydrogen (secondary N) is 2. The quantitative estimate of drug-likeness (QED) is 0.419. The van der Waals surface area contributed by atoms with Gasteiger partial charge in [0.05, 0.1) is 20.6 Å². The zero-order valence-electron chi connectivity index (χ0n) is 17.6. The Labute approximate surface area is 174 Å². The molecule has 0 bridgehead atoms. The zero-order chi connectivity index (χ0) is 22.3. The number of nitrogens with zero attached hydrogens (tertiary/aromatic N) is 1. The van der Waals surface area contributed by atoms with Crippen LogP contribution in [0.4, 0.5) is 4.79 Å². The Morgan fingerprint density at radius 3 is 2.43 bits per heavy atom. The summed E-state index contributed by atoms with van der Waals surface area (Å²) < 4.78 is 15.3. The van der Waals surface area contributed by atoms with Crippen molar-refractivity contribution in [3.05, 3.63) is 23.8 Å². The van der Waals surface area contributed by atoms with E-state index in [1.807, 2.05) is 12.1 Å². The second-order valence-electron chi connectivity index (χ2n) is 7.21. The van der Waals surface area contributed by atoms with Crippen molar-refractivity contribution in [2.75, 3.05) is 33.9 Å². The van der Waals surface area contributed by atoms with Gasteiger partial charge in [0.1, 0.15) is 5.54 Å². The number of esters is 1. The van der Waals surface area contributed by atoms with E-state index in [0.29, 0.717) is 24.5 Å². The van der Waals surface area contributed by atoms with Gasteiger partial charge in [-0.1, -0.05) is 6.07 Å². The van der Waals surface area contributed by atoms with Gasteiger partial charge in [0.2, 0.25) is 0 Å². The van der Waals surface area contributed by atoms with Gasteiger partial charge in [0, 0.05) is 13.1 Å². The van der Waals surface area contributed by atoms with E-state index in [1.54, 1.807) is 34.1 Å². The molecule has 1 aliphatic rings. The summed E-state index contributed by atoms with van der Waals surface area (Å²) in [4.78, 5) is 48.4. The largest absolute Gasteiger partial charge is 0.493 e. The van der Waals surface area contributed by atoms with Crippen LogP contribution in [0.5, 0.6) is 11.5 Å². The molecule has 0 atom stereocenters. The minimum Gasteiger partial charge on any atom is -0.493 e. The van der Waals surface area contributed by atoms with Crippen LogP contribution < -0.4 is 20.1 Å². The Morgan fingerprint density at radius 1 is 1.13 bits per heavy atom. The second kappa shape index (κ2) is 9.95. The molecule has 1 aromatic rings. The van der Waals surface area contributed by atoms with Crippen molar-refractivity contribution in [2.45, 2.75) is 32.2 Å². The van der Waals surface area contributed by atoms with Crippen LogP contribution in [0.3, 0.4) is 0 Å². The van der Waals surface area contributed by atoms with Crippen LogP contribution in [0.15, 0.2) is 18.2 Å². The Morgan fingerprint density at radius 2 is 1.83 bits per heavy atom. The van der Waals surface area contributed by atoms with E-state index < -0.39 is 36.0 Å². The summed E-state index contributed by atoms with van der Waals surface area (Å²) in [5.41, 5.74) is -0.0455. The highest BCUT2D eigenvalue weighted by molar-refractivity contribution is 6.06. The lowest BCUT2D eigenvalue weighted by molar-refractivity contribution is -0.149. The number of imide groups is 1. The Kier molecular flexibility index (Phi) is 7.62. The predicted molar refractivity (Wildman–Crippen MR) is 106 cm³/mol. The van der Waals surface area contributed by atoms with Crippen LogP contribution in [-0.2, 0) is 25.5 Å². The SMILES string of the molecule is COc1ccc(CCNC(=O)COC(=O)CCN2C(=O)NC(C)(C)C2=O)cc1OC. The highest BCUT2D eigenvalue weighted by Crippen LogP contribution is 2.27. The van der Waals surface area contributed by atoms with Crippen molar-refractivity contribution in [1.82, 2.24) is 15.5 Å². The predicted octanol–water partition coefficient (Wildman–Crippen LogP) is 0.626. The molecule has 2 N–H and O–H groups in total. The van der Waals surface area contributed by atoms with Crippen LogP contribution in [0, 0.1) is 0 Å². The molecule has 10 nitrogen and oxygen atoms in total. The van der Waals surface area contributed by atoms with E-state index in [2.05, 4.69) is 10.6 Å². The van der Waals surface area contributed by atoms with Crippen molar-refractivity contribution in [3.63, 3.8) is 0 Å². The molecule has 2 rings (SSSR count). The van der Waals surface area contributed by atoms with Gasteiger partial charge in [-0.15, -0.1) is 0 Å². The number of methoxy groups -OCH3 is 2. The molecule has 0 spiro atoms. The van der Waals surface area contributed by atoms with Gasteiger partial charge in [-0.2, -0.15) is 0 Å². The number of rotatable bonds is 10. The Bertz CT molecular complexity index is 823. The van der Waals surface area contributed by atoms with Crippen LogP contribution >= 0.6 is 0 Å². The Hall–Kier alpha value is -3.30. The molecule has 0 radical (unpaired) electrons. The fraction of sp³-hybridized carbons (Fsp3) is 0.500. The van der Waals surface area contributed by atoms with Crippen LogP contribution in [0.2, 0.25) is 0 Å². The normalized spacial score (nSPS) is 14.9. The smallest absolute Gasteiger partial charge is 0.325 e. The third-order valence-corrected chi connectivity index (χ3v) is 4.53. The van der Waals surface area contributed by atoms with Crippen molar-refractivity contribution >= 4 is 23.8 Å². The van der Waals surface area contributed by atoms with Gasteiger partial charge in [-0.25, -0.2) is 4.79 Å². The van der Waals surface area contributed by atoms with Crippen molar-refractivity contribution in [2.24, 2.45) is 0 Å². The van der Waals surface area contributed by atoms with E-state index in [4.69, 9.17) is 14.2 Å². The number of hydrogen-bond acceptors (Lipinski definition) is 7. The fourth-order valence-electron chi connectivity index (χ4n) is 2.88. The molecule has 1 aromatic carbocycles. The van der Waals surface area contributed by atoms with Crippen molar-refractivity contribution in [1.29, 1.82) is 0 Å². The molecule has 0 saturated carbocycles. The maximum atomic E-state index is 12.0. The van der Waals surface area contributed by atoms with Crippen LogP contribution in [0.1, 0.15) is 25.8 Å². The van der Waals surface area contributed by atoms with Gasteiger partial charge in [-0.3, -0.25) is 19.3 Å². The average molecular weight is 421 g/mol. The van der Waals surface area contributed by atoms with Gasteiger partial charge in [0.15, 0.2) is 18.1 Å². The summed E-state index contributed by atoms with van der Waals surface area (Å²) in [6.45, 7) is 2.98. The summed E-state index contributed by atoms with van der Waals surface area (Å²) in [7, 11) is 3.10. The molecule has 164 valence electrons. The van der Waals surface area contributed by atoms with E-state index >= 15 is 0 Å². The second-order valence-corrected chi connectivity index (χ2v) is 7.21. The lowest BCUT2D eigenvalue weighted by atomic mass is 10.1. The van der Waals surface area contributed by atoms with E-state index in [-0.39, 0.29) is 13.0 Å². The first-order valence-electron chi connectivity index (χ1n) is 9.45. The molecule has 1 aliphatic heterocycles. The lowest BCUT2D eigenvalue weighted by Crippen LogP contribution is -2.40. The van der Waals surface area contributed by atoms with E-state index in [0.717, 1.165) is 10.5 Å². The summed E-state index contributed by atoms with van der Waals surface area (Å²) >= 11 is 0. The Balaban J connectivity index is 1.68. The number of carbonyl (C=O) groups is 4. The lowest BCUT2D eigenvalue weighted by Gasteiger charge is -2.15. The molecular formula is C20H27N3O7. The minimum absolute atomic E-state index is 0.103. The summed E-state index contributed by atoms with van der Waals surface area (Å²) in [5, 5.41) is 5.18. The van der Waals surface area contributed by atoms with Gasteiger partial charge in [-0.05, 0) is 38.0 Å². The molecule has 1 fully saturated rings. The molecular weight excluding hydrogens is 394 g/mol. The molecule has 1 saturated heterocycles. The molecule has 1 heterocycles. The van der Waals surface area contributed by atoms with E-state index in [9.17, 15) is 19.2 Å². The standard InChI is InChI=1S/C20H27N3O7/c1-20(2)18(26)23(19(27)22-20)10-8-17(25)30-12-16(24)21-9-7-13-5-6-14(28-3)15(11-13)29-4/h5-6,11H,7-10,12H2,1-4H3,(H,21,24)(H,22,27).